The van der Waals surface area contributed by atoms with Gasteiger partial charge in [-0.05, 0) is 62.9 Å². The highest BCUT2D eigenvalue weighted by atomic mass is 35.5. The van der Waals surface area contributed by atoms with Gasteiger partial charge in [-0.2, -0.15) is 0 Å². The molecule has 2 aromatic rings. The molecular weight excluding hydrogens is 496 g/mol. The fraction of sp³-hybridized carbons (Fsp3) is 0.385. The maximum atomic E-state index is 13.9. The molecule has 1 aromatic heterocycles. The van der Waals surface area contributed by atoms with Gasteiger partial charge in [-0.1, -0.05) is 53.0 Å². The van der Waals surface area contributed by atoms with E-state index in [4.69, 9.17) is 11.6 Å². The zero-order valence-electron chi connectivity index (χ0n) is 20.5. The van der Waals surface area contributed by atoms with Crippen molar-refractivity contribution in [2.24, 2.45) is 0 Å². The zero-order chi connectivity index (χ0) is 25.7. The van der Waals surface area contributed by atoms with Crippen molar-refractivity contribution in [3.05, 3.63) is 71.0 Å². The third kappa shape index (κ3) is 5.86. The molecule has 8 nitrogen and oxygen atoms in total. The summed E-state index contributed by atoms with van der Waals surface area (Å²) < 4.78 is 4.14. The minimum absolute atomic E-state index is 0.179. The van der Waals surface area contributed by atoms with Gasteiger partial charge in [0.15, 0.2) is 0 Å². The number of allylic oxidation sites excluding steroid dienone is 4. The molecule has 4 rings (SSSR count). The molecule has 0 saturated carbocycles. The largest absolute Gasteiger partial charge is 0.346 e. The molecule has 10 heteroatoms. The molecule has 3 atom stereocenters. The molecule has 0 spiro atoms. The number of aromatic nitrogens is 2. The van der Waals surface area contributed by atoms with Gasteiger partial charge in [-0.3, -0.25) is 9.59 Å². The second-order valence-corrected chi connectivity index (χ2v) is 10.1. The average molecular weight is 527 g/mol. The molecule has 0 unspecified atom stereocenters. The molecular formula is C26H31ClN6O2S. The van der Waals surface area contributed by atoms with Crippen LogP contribution in [0.25, 0.3) is 5.57 Å². The Balaban J connectivity index is 1.54. The molecule has 2 heterocycles. The van der Waals surface area contributed by atoms with Crippen LogP contribution in [0.3, 0.4) is 0 Å². The summed E-state index contributed by atoms with van der Waals surface area (Å²) in [5.41, 5.74) is 3.35. The van der Waals surface area contributed by atoms with Crippen molar-refractivity contribution in [2.75, 3.05) is 18.9 Å². The van der Waals surface area contributed by atoms with Crippen molar-refractivity contribution in [2.45, 2.75) is 50.7 Å². The van der Waals surface area contributed by atoms with Crippen LogP contribution in [-0.2, 0) is 9.59 Å². The predicted octanol–water partition coefficient (Wildman–Crippen LogP) is 4.31. The van der Waals surface area contributed by atoms with E-state index >= 15 is 0 Å². The third-order valence-electron chi connectivity index (χ3n) is 6.58. The van der Waals surface area contributed by atoms with E-state index in [1.54, 1.807) is 43.1 Å². The van der Waals surface area contributed by atoms with Crippen molar-refractivity contribution < 1.29 is 9.59 Å². The van der Waals surface area contributed by atoms with Gasteiger partial charge < -0.3 is 20.9 Å². The Morgan fingerprint density at radius 1 is 1.28 bits per heavy atom. The van der Waals surface area contributed by atoms with E-state index in [0.717, 1.165) is 42.0 Å². The van der Waals surface area contributed by atoms with Crippen LogP contribution in [0.2, 0.25) is 5.02 Å². The molecule has 190 valence electrons. The number of carbonyl (C=O) groups is 2. The minimum Gasteiger partial charge on any atom is -0.346 e. The van der Waals surface area contributed by atoms with Gasteiger partial charge in [-0.15, -0.1) is 5.10 Å². The van der Waals surface area contributed by atoms with E-state index in [1.807, 2.05) is 6.08 Å². The van der Waals surface area contributed by atoms with Gasteiger partial charge in [0, 0.05) is 28.8 Å². The van der Waals surface area contributed by atoms with Gasteiger partial charge in [0.1, 0.15) is 16.7 Å². The minimum atomic E-state index is -0.834. The SMILES string of the molecule is C=C(Nc1snnc1C1=CC=CCC1)[C@@H]1CCCN1C(=O)[C@@H](NC(=O)[C@H](C)NC)c1ccc(Cl)cc1. The Morgan fingerprint density at radius 2 is 2.06 bits per heavy atom. The molecule has 2 aliphatic rings. The fourth-order valence-electron chi connectivity index (χ4n) is 4.41. The summed E-state index contributed by atoms with van der Waals surface area (Å²) >= 11 is 7.35. The number of likely N-dealkylation sites (N-methyl/N-ethyl adjacent to an activating group) is 1. The fourth-order valence-corrected chi connectivity index (χ4v) is 5.18. The maximum absolute atomic E-state index is 13.9. The van der Waals surface area contributed by atoms with Crippen molar-refractivity contribution in [1.29, 1.82) is 0 Å². The lowest BCUT2D eigenvalue weighted by Crippen LogP contribution is -2.49. The summed E-state index contributed by atoms with van der Waals surface area (Å²) in [5.74, 6) is -0.434. The van der Waals surface area contributed by atoms with Crippen molar-refractivity contribution >= 4 is 45.5 Å². The van der Waals surface area contributed by atoms with E-state index in [9.17, 15) is 9.59 Å². The number of nitrogens with one attached hydrogen (secondary N) is 3. The molecule has 1 saturated heterocycles. The quantitative estimate of drug-likeness (QED) is 0.450. The lowest BCUT2D eigenvalue weighted by molar-refractivity contribution is -0.137. The number of amides is 2. The van der Waals surface area contributed by atoms with E-state index < -0.39 is 12.1 Å². The summed E-state index contributed by atoms with van der Waals surface area (Å²) in [5, 5.41) is 14.9. The Bertz CT molecular complexity index is 1180. The first kappa shape index (κ1) is 26.1. The number of anilines is 1. The van der Waals surface area contributed by atoms with Gasteiger partial charge >= 0.3 is 0 Å². The standard InChI is InChI=1S/C26H31ClN6O2S/c1-16(29-25-22(31-32-36-25)18-8-5-4-6-9-18)21-10-7-15-33(21)26(35)23(30-24(34)17(2)28-3)19-11-13-20(27)14-12-19/h4-5,8,11-14,17,21,23,28-29H,1,6-7,9-10,15H2,2-3H3,(H,30,34)/t17-,21-,23-/m0/s1. The topological polar surface area (TPSA) is 99.2 Å². The highest BCUT2D eigenvalue weighted by Gasteiger charge is 2.36. The molecule has 36 heavy (non-hydrogen) atoms. The van der Waals surface area contributed by atoms with Crippen LogP contribution in [0.15, 0.2) is 54.8 Å². The Morgan fingerprint density at radius 3 is 2.75 bits per heavy atom. The summed E-state index contributed by atoms with van der Waals surface area (Å²) in [6.07, 6.45) is 9.72. The Hall–Kier alpha value is -3.01. The first-order chi connectivity index (χ1) is 17.4. The lowest BCUT2D eigenvalue weighted by atomic mass is 10.0. The molecule has 3 N–H and O–H groups in total. The van der Waals surface area contributed by atoms with E-state index in [0.29, 0.717) is 22.8 Å². The van der Waals surface area contributed by atoms with Gasteiger partial charge in [-0.25, -0.2) is 0 Å². The molecule has 1 aliphatic heterocycles. The van der Waals surface area contributed by atoms with Crippen LogP contribution >= 0.6 is 23.1 Å². The maximum Gasteiger partial charge on any atom is 0.250 e. The van der Waals surface area contributed by atoms with Gasteiger partial charge in [0.2, 0.25) is 11.8 Å². The number of hydrogen-bond acceptors (Lipinski definition) is 7. The summed E-state index contributed by atoms with van der Waals surface area (Å²) in [7, 11) is 1.71. The van der Waals surface area contributed by atoms with Crippen LogP contribution in [0.5, 0.6) is 0 Å². The smallest absolute Gasteiger partial charge is 0.250 e. The van der Waals surface area contributed by atoms with E-state index in [2.05, 4.69) is 44.3 Å². The second kappa shape index (κ2) is 11.8. The molecule has 0 bridgehead atoms. The number of nitrogens with zero attached hydrogens (tertiary/aromatic N) is 3. The number of carbonyl (C=O) groups excluding carboxylic acids is 2. The van der Waals surface area contributed by atoms with Crippen LogP contribution in [0, 0.1) is 0 Å². The highest BCUT2D eigenvalue weighted by molar-refractivity contribution is 7.10. The van der Waals surface area contributed by atoms with Crippen molar-refractivity contribution in [3.63, 3.8) is 0 Å². The molecule has 1 fully saturated rings. The lowest BCUT2D eigenvalue weighted by Gasteiger charge is -2.31. The summed E-state index contributed by atoms with van der Waals surface area (Å²) in [6, 6.07) is 5.49. The number of hydrogen-bond donors (Lipinski definition) is 3. The van der Waals surface area contributed by atoms with Crippen LogP contribution in [0.4, 0.5) is 5.00 Å². The average Bonchev–Trinajstić information content (AvgIpc) is 3.57. The second-order valence-electron chi connectivity index (χ2n) is 8.95. The van der Waals surface area contributed by atoms with Crippen LogP contribution in [0.1, 0.15) is 49.9 Å². The van der Waals surface area contributed by atoms with Crippen molar-refractivity contribution in [3.8, 4) is 0 Å². The normalized spacial score (nSPS) is 18.9. The zero-order valence-corrected chi connectivity index (χ0v) is 22.0. The van der Waals surface area contributed by atoms with E-state index in [-0.39, 0.29) is 17.9 Å². The van der Waals surface area contributed by atoms with Crippen molar-refractivity contribution in [1.82, 2.24) is 25.1 Å². The number of benzene rings is 1. The first-order valence-corrected chi connectivity index (χ1v) is 13.2. The van der Waals surface area contributed by atoms with Gasteiger partial charge in [0.25, 0.3) is 0 Å². The van der Waals surface area contributed by atoms with Crippen LogP contribution in [-0.4, -0.2) is 52.0 Å². The molecule has 0 radical (unpaired) electrons. The molecule has 2 amide bonds. The van der Waals surface area contributed by atoms with Gasteiger partial charge in [0.05, 0.1) is 12.1 Å². The van der Waals surface area contributed by atoms with E-state index in [1.165, 1.54) is 11.5 Å². The Kier molecular flexibility index (Phi) is 8.56. The summed E-state index contributed by atoms with van der Waals surface area (Å²) in [6.45, 7) is 6.60. The monoisotopic (exact) mass is 526 g/mol. The number of halogens is 1. The van der Waals surface area contributed by atoms with Crippen LogP contribution < -0.4 is 16.0 Å². The number of likely N-dealkylation sites (tertiary alicyclic amines) is 1. The Labute approximate surface area is 220 Å². The predicted molar refractivity (Wildman–Crippen MR) is 145 cm³/mol. The summed E-state index contributed by atoms with van der Waals surface area (Å²) in [4.78, 5) is 28.4. The molecule has 1 aliphatic carbocycles. The third-order valence-corrected chi connectivity index (χ3v) is 7.47. The first-order valence-electron chi connectivity index (χ1n) is 12.1. The molecule has 1 aromatic carbocycles. The highest BCUT2D eigenvalue weighted by Crippen LogP contribution is 2.33. The number of rotatable bonds is 9.